The van der Waals surface area contributed by atoms with Crippen molar-refractivity contribution in [1.29, 1.82) is 0 Å². The Balaban J connectivity index is 1.91. The molecular formula is C15H15F2N3O3. The first-order valence-electron chi connectivity index (χ1n) is 7.15. The van der Waals surface area contributed by atoms with Gasteiger partial charge in [0.15, 0.2) is 17.4 Å². The molecule has 1 fully saturated rings. The van der Waals surface area contributed by atoms with Crippen molar-refractivity contribution in [2.75, 3.05) is 29.4 Å². The van der Waals surface area contributed by atoms with E-state index in [0.29, 0.717) is 0 Å². The molecule has 2 heterocycles. The maximum absolute atomic E-state index is 14.4. The molecule has 2 N–H and O–H groups in total. The minimum atomic E-state index is -1.14. The molecule has 8 heteroatoms. The van der Waals surface area contributed by atoms with E-state index in [1.807, 2.05) is 0 Å². The predicted octanol–water partition coefficient (Wildman–Crippen LogP) is 1.54. The number of ether oxygens (including phenoxy) is 1. The van der Waals surface area contributed by atoms with Crippen LogP contribution in [0.4, 0.5) is 25.0 Å². The highest BCUT2D eigenvalue weighted by atomic mass is 19.2. The van der Waals surface area contributed by atoms with Gasteiger partial charge in [-0.15, -0.1) is 0 Å². The Morgan fingerprint density at radius 1 is 1.22 bits per heavy atom. The van der Waals surface area contributed by atoms with Crippen LogP contribution >= 0.6 is 0 Å². The largest absolute Gasteiger partial charge is 0.443 e. The lowest BCUT2D eigenvalue weighted by molar-refractivity contribution is -0.114. The number of hydrogen-bond acceptors (Lipinski definition) is 5. The van der Waals surface area contributed by atoms with Gasteiger partial charge >= 0.3 is 6.09 Å². The Hall–Kier alpha value is -2.48. The first-order chi connectivity index (χ1) is 11.0. The summed E-state index contributed by atoms with van der Waals surface area (Å²) in [4.78, 5) is 25.4. The summed E-state index contributed by atoms with van der Waals surface area (Å²) >= 11 is 0. The van der Waals surface area contributed by atoms with Crippen LogP contribution in [0.25, 0.3) is 0 Å². The third kappa shape index (κ3) is 2.77. The smallest absolute Gasteiger partial charge is 0.414 e. The van der Waals surface area contributed by atoms with Crippen molar-refractivity contribution in [1.82, 2.24) is 0 Å². The lowest BCUT2D eigenvalue weighted by Crippen LogP contribution is -2.29. The number of halogens is 2. The van der Waals surface area contributed by atoms with E-state index < -0.39 is 23.8 Å². The summed E-state index contributed by atoms with van der Waals surface area (Å²) in [6.45, 7) is 0.451. The van der Waals surface area contributed by atoms with Gasteiger partial charge in [0, 0.05) is 25.7 Å². The normalized spacial score (nSPS) is 21.1. The Kier molecular flexibility index (Phi) is 3.99. The Labute approximate surface area is 131 Å². The zero-order chi connectivity index (χ0) is 16.6. The summed E-state index contributed by atoms with van der Waals surface area (Å²) in [5, 5.41) is 0. The van der Waals surface area contributed by atoms with E-state index in [0.717, 1.165) is 4.90 Å². The van der Waals surface area contributed by atoms with Crippen LogP contribution in [0.1, 0.15) is 6.42 Å². The predicted molar refractivity (Wildman–Crippen MR) is 79.1 cm³/mol. The molecule has 0 saturated carbocycles. The average molecular weight is 323 g/mol. The first kappa shape index (κ1) is 15.4. The topological polar surface area (TPSA) is 75.9 Å². The van der Waals surface area contributed by atoms with Crippen LogP contribution in [0.15, 0.2) is 24.4 Å². The third-order valence-corrected chi connectivity index (χ3v) is 3.82. The summed E-state index contributed by atoms with van der Waals surface area (Å²) in [7, 11) is 0. The number of hydrogen-bond donors (Lipinski definition) is 1. The van der Waals surface area contributed by atoms with E-state index in [9.17, 15) is 18.4 Å². The lowest BCUT2D eigenvalue weighted by atomic mass is 10.1. The highest BCUT2D eigenvalue weighted by Gasteiger charge is 2.34. The molecule has 122 valence electrons. The van der Waals surface area contributed by atoms with E-state index >= 15 is 0 Å². The van der Waals surface area contributed by atoms with Crippen molar-refractivity contribution in [3.8, 4) is 0 Å². The molecule has 0 aliphatic carbocycles. The Bertz CT molecular complexity index is 693. The molecule has 6 nitrogen and oxygen atoms in total. The van der Waals surface area contributed by atoms with E-state index in [4.69, 9.17) is 10.5 Å². The number of anilines is 2. The second-order valence-electron chi connectivity index (χ2n) is 5.31. The van der Waals surface area contributed by atoms with E-state index in [2.05, 4.69) is 0 Å². The second kappa shape index (κ2) is 5.96. The van der Waals surface area contributed by atoms with Crippen molar-refractivity contribution in [3.63, 3.8) is 0 Å². The summed E-state index contributed by atoms with van der Waals surface area (Å²) in [6.07, 6.45) is 1.67. The molecule has 0 aromatic heterocycles. The number of cyclic esters (lactones) is 1. The fourth-order valence-corrected chi connectivity index (χ4v) is 2.56. The number of benzene rings is 1. The first-order valence-corrected chi connectivity index (χ1v) is 7.15. The SMILES string of the molecule is NCC1CN(c2ccc(N3C=CC(=O)CC3)c(F)c2F)C(=O)O1. The maximum atomic E-state index is 14.4. The molecule has 2 aliphatic rings. The molecule has 3 rings (SSSR count). The minimum Gasteiger partial charge on any atom is -0.443 e. The highest BCUT2D eigenvalue weighted by Crippen LogP contribution is 2.32. The monoisotopic (exact) mass is 323 g/mol. The van der Waals surface area contributed by atoms with Crippen molar-refractivity contribution in [2.45, 2.75) is 12.5 Å². The van der Waals surface area contributed by atoms with Gasteiger partial charge in [-0.2, -0.15) is 0 Å². The fraction of sp³-hybridized carbons (Fsp3) is 0.333. The molecule has 1 aromatic rings. The molecule has 0 radical (unpaired) electrons. The lowest BCUT2D eigenvalue weighted by Gasteiger charge is -2.24. The second-order valence-corrected chi connectivity index (χ2v) is 5.31. The van der Waals surface area contributed by atoms with Gasteiger partial charge in [0.1, 0.15) is 6.10 Å². The molecular weight excluding hydrogens is 308 g/mol. The number of nitrogens with two attached hydrogens (primary N) is 1. The zero-order valence-corrected chi connectivity index (χ0v) is 12.2. The van der Waals surface area contributed by atoms with Crippen LogP contribution in [-0.4, -0.2) is 37.6 Å². The van der Waals surface area contributed by atoms with Crippen molar-refractivity contribution in [2.24, 2.45) is 5.73 Å². The number of allylic oxidation sites excluding steroid dienone is 1. The van der Waals surface area contributed by atoms with Gasteiger partial charge in [-0.05, 0) is 18.2 Å². The maximum Gasteiger partial charge on any atom is 0.414 e. The molecule has 1 atom stereocenters. The molecule has 1 amide bonds. The van der Waals surface area contributed by atoms with Gasteiger partial charge in [-0.25, -0.2) is 13.6 Å². The molecule has 1 aromatic carbocycles. The zero-order valence-electron chi connectivity index (χ0n) is 12.2. The van der Waals surface area contributed by atoms with E-state index in [-0.39, 0.29) is 43.2 Å². The van der Waals surface area contributed by atoms with E-state index in [1.54, 1.807) is 0 Å². The molecule has 0 bridgehead atoms. The van der Waals surface area contributed by atoms with E-state index in [1.165, 1.54) is 29.3 Å². The summed E-state index contributed by atoms with van der Waals surface area (Å²) in [6, 6.07) is 2.69. The van der Waals surface area contributed by atoms with Crippen LogP contribution in [0.2, 0.25) is 0 Å². The number of amides is 1. The van der Waals surface area contributed by atoms with Crippen LogP contribution in [-0.2, 0) is 9.53 Å². The number of nitrogens with zero attached hydrogens (tertiary/aromatic N) is 2. The van der Waals surface area contributed by atoms with Gasteiger partial charge in [0.2, 0.25) is 0 Å². The van der Waals surface area contributed by atoms with Gasteiger partial charge in [-0.3, -0.25) is 9.69 Å². The average Bonchev–Trinajstić information content (AvgIpc) is 2.92. The van der Waals surface area contributed by atoms with Gasteiger partial charge < -0.3 is 15.4 Å². The molecule has 2 aliphatic heterocycles. The summed E-state index contributed by atoms with van der Waals surface area (Å²) in [5.74, 6) is -2.28. The molecule has 1 saturated heterocycles. The van der Waals surface area contributed by atoms with Crippen LogP contribution in [0.5, 0.6) is 0 Å². The van der Waals surface area contributed by atoms with Gasteiger partial charge in [0.05, 0.1) is 17.9 Å². The van der Waals surface area contributed by atoms with Crippen molar-refractivity contribution >= 4 is 23.3 Å². The number of ketones is 1. The number of carbonyl (C=O) groups excluding carboxylic acids is 2. The summed E-state index contributed by atoms with van der Waals surface area (Å²) < 4.78 is 33.7. The molecule has 1 unspecified atom stereocenters. The minimum absolute atomic E-state index is 0.0120. The van der Waals surface area contributed by atoms with Crippen molar-refractivity contribution < 1.29 is 23.1 Å². The number of rotatable bonds is 3. The Morgan fingerprint density at radius 2 is 1.91 bits per heavy atom. The highest BCUT2D eigenvalue weighted by molar-refractivity contribution is 5.92. The van der Waals surface area contributed by atoms with Crippen LogP contribution < -0.4 is 15.5 Å². The van der Waals surface area contributed by atoms with Gasteiger partial charge in [-0.1, -0.05) is 0 Å². The standard InChI is InChI=1S/C15H15F2N3O3/c16-13-11(19-5-3-9(21)4-6-19)1-2-12(14(13)17)20-8-10(7-18)23-15(20)22/h1-3,5,10H,4,6-8,18H2. The van der Waals surface area contributed by atoms with Crippen LogP contribution in [0.3, 0.4) is 0 Å². The van der Waals surface area contributed by atoms with Gasteiger partial charge in [0.25, 0.3) is 0 Å². The Morgan fingerprint density at radius 3 is 2.52 bits per heavy atom. The summed E-state index contributed by atoms with van der Waals surface area (Å²) in [5.41, 5.74) is 5.25. The third-order valence-electron chi connectivity index (χ3n) is 3.82. The molecule has 0 spiro atoms. The quantitative estimate of drug-likeness (QED) is 0.913. The molecule has 23 heavy (non-hydrogen) atoms. The fourth-order valence-electron chi connectivity index (χ4n) is 2.56. The van der Waals surface area contributed by atoms with Crippen LogP contribution in [0, 0.1) is 11.6 Å². The number of carbonyl (C=O) groups is 2. The van der Waals surface area contributed by atoms with Crippen molar-refractivity contribution in [3.05, 3.63) is 36.0 Å².